The molecule has 0 radical (unpaired) electrons. The van der Waals surface area contributed by atoms with Gasteiger partial charge in [-0.2, -0.15) is 13.2 Å². The second kappa shape index (κ2) is 6.66. The lowest BCUT2D eigenvalue weighted by molar-refractivity contribution is -0.183. The Kier molecular flexibility index (Phi) is 5.03. The molecule has 0 bridgehead atoms. The van der Waals surface area contributed by atoms with Crippen LogP contribution >= 0.6 is 0 Å². The minimum atomic E-state index is -4.47. The smallest absolute Gasteiger partial charge is 0.404 e. The van der Waals surface area contributed by atoms with Crippen molar-refractivity contribution in [1.29, 1.82) is 0 Å². The summed E-state index contributed by atoms with van der Waals surface area (Å²) in [4.78, 5) is 12.2. The molecule has 8 heteroatoms. The van der Waals surface area contributed by atoms with Crippen molar-refractivity contribution >= 4 is 5.97 Å². The number of hydrogen-bond donors (Lipinski definition) is 1. The van der Waals surface area contributed by atoms with E-state index in [9.17, 15) is 23.1 Å². The highest BCUT2D eigenvalue weighted by Gasteiger charge is 2.51. The predicted octanol–water partition coefficient (Wildman–Crippen LogP) is 2.68. The van der Waals surface area contributed by atoms with E-state index in [0.29, 0.717) is 17.1 Å². The van der Waals surface area contributed by atoms with E-state index in [-0.39, 0.29) is 19.4 Å². The second-order valence-electron chi connectivity index (χ2n) is 5.34. The fourth-order valence-electron chi connectivity index (χ4n) is 2.88. The average molecular weight is 333 g/mol. The van der Waals surface area contributed by atoms with Crippen molar-refractivity contribution in [2.24, 2.45) is 0 Å². The number of carboxylic acids is 1. The number of carboxylic acid groups (broad SMARTS) is 1. The van der Waals surface area contributed by atoms with Crippen LogP contribution in [0.3, 0.4) is 0 Å². The van der Waals surface area contributed by atoms with E-state index in [1.807, 2.05) is 0 Å². The molecule has 1 saturated heterocycles. The SMILES string of the molecule is COc1ccc(CN2C(C(=O)O)CCC2C(F)(F)F)c(OC)c1. The molecule has 0 aliphatic carbocycles. The number of nitrogens with zero attached hydrogens (tertiary/aromatic N) is 1. The summed E-state index contributed by atoms with van der Waals surface area (Å²) in [6, 6.07) is 1.82. The number of carbonyl (C=O) groups is 1. The lowest BCUT2D eigenvalue weighted by Crippen LogP contribution is -2.46. The molecule has 128 valence electrons. The molecule has 1 fully saturated rings. The molecule has 1 N–H and O–H groups in total. The summed E-state index contributed by atoms with van der Waals surface area (Å²) in [6.45, 7) is -0.158. The molecule has 1 aliphatic heterocycles. The average Bonchev–Trinajstić information content (AvgIpc) is 2.91. The zero-order valence-electron chi connectivity index (χ0n) is 12.8. The Morgan fingerprint density at radius 3 is 2.52 bits per heavy atom. The molecule has 1 aromatic rings. The fraction of sp³-hybridized carbons (Fsp3) is 0.533. The quantitative estimate of drug-likeness (QED) is 0.898. The molecule has 1 aliphatic rings. The van der Waals surface area contributed by atoms with Crippen molar-refractivity contribution in [2.75, 3.05) is 14.2 Å². The van der Waals surface area contributed by atoms with Crippen LogP contribution in [-0.4, -0.2) is 48.5 Å². The maximum absolute atomic E-state index is 13.2. The highest BCUT2D eigenvalue weighted by Crippen LogP contribution is 2.38. The first-order valence-electron chi connectivity index (χ1n) is 7.04. The molecule has 1 aromatic carbocycles. The van der Waals surface area contributed by atoms with Gasteiger partial charge in [-0.25, -0.2) is 0 Å². The molecule has 0 aromatic heterocycles. The van der Waals surface area contributed by atoms with E-state index in [4.69, 9.17) is 9.47 Å². The normalized spacial score (nSPS) is 22.1. The largest absolute Gasteiger partial charge is 0.497 e. The van der Waals surface area contributed by atoms with Gasteiger partial charge < -0.3 is 14.6 Å². The van der Waals surface area contributed by atoms with E-state index in [1.54, 1.807) is 18.2 Å². The number of methoxy groups -OCH3 is 2. The highest BCUT2D eigenvalue weighted by atomic mass is 19.4. The second-order valence-corrected chi connectivity index (χ2v) is 5.34. The molecular formula is C15H18F3NO4. The van der Waals surface area contributed by atoms with Crippen LogP contribution in [0.25, 0.3) is 0 Å². The van der Waals surface area contributed by atoms with E-state index in [2.05, 4.69) is 0 Å². The summed E-state index contributed by atoms with van der Waals surface area (Å²) in [5.74, 6) is -0.375. The Bertz CT molecular complexity index is 576. The third kappa shape index (κ3) is 3.69. The van der Waals surface area contributed by atoms with Crippen molar-refractivity contribution in [1.82, 2.24) is 4.90 Å². The number of hydrogen-bond acceptors (Lipinski definition) is 4. The van der Waals surface area contributed by atoms with Gasteiger partial charge in [0, 0.05) is 18.2 Å². The first-order chi connectivity index (χ1) is 10.8. The molecular weight excluding hydrogens is 315 g/mol. The standard InChI is InChI=1S/C15H18F3NO4/c1-22-10-4-3-9(12(7-10)23-2)8-19-11(14(20)21)5-6-13(19)15(16,17)18/h3-4,7,11,13H,5-6,8H2,1-2H3,(H,20,21). The van der Waals surface area contributed by atoms with Gasteiger partial charge in [-0.15, -0.1) is 0 Å². The van der Waals surface area contributed by atoms with Gasteiger partial charge in [0.1, 0.15) is 23.6 Å². The number of likely N-dealkylation sites (tertiary alicyclic amines) is 1. The Hall–Kier alpha value is -1.96. The van der Waals surface area contributed by atoms with Crippen molar-refractivity contribution in [2.45, 2.75) is 37.6 Å². The molecule has 0 amide bonds. The number of halogens is 3. The van der Waals surface area contributed by atoms with Crippen molar-refractivity contribution in [3.05, 3.63) is 23.8 Å². The summed E-state index contributed by atoms with van der Waals surface area (Å²) in [7, 11) is 2.87. The Morgan fingerprint density at radius 1 is 1.30 bits per heavy atom. The minimum Gasteiger partial charge on any atom is -0.497 e. The minimum absolute atomic E-state index is 0.0298. The number of aliphatic carboxylic acids is 1. The maximum atomic E-state index is 13.2. The van der Waals surface area contributed by atoms with E-state index < -0.39 is 24.2 Å². The van der Waals surface area contributed by atoms with Crippen LogP contribution in [0.5, 0.6) is 11.5 Å². The van der Waals surface area contributed by atoms with E-state index in [1.165, 1.54) is 14.2 Å². The number of alkyl halides is 3. The highest BCUT2D eigenvalue weighted by molar-refractivity contribution is 5.74. The van der Waals surface area contributed by atoms with Crippen molar-refractivity contribution in [3.63, 3.8) is 0 Å². The molecule has 2 unspecified atom stereocenters. The first-order valence-corrected chi connectivity index (χ1v) is 7.04. The third-order valence-electron chi connectivity index (χ3n) is 4.02. The lowest BCUT2D eigenvalue weighted by atomic mass is 10.1. The van der Waals surface area contributed by atoms with E-state index >= 15 is 0 Å². The van der Waals surface area contributed by atoms with Gasteiger partial charge in [-0.1, -0.05) is 6.07 Å². The van der Waals surface area contributed by atoms with Crippen LogP contribution in [-0.2, 0) is 11.3 Å². The van der Waals surface area contributed by atoms with Gasteiger partial charge in [0.05, 0.1) is 14.2 Å². The summed E-state index contributed by atoms with van der Waals surface area (Å²) >= 11 is 0. The Labute approximate surface area is 131 Å². The lowest BCUT2D eigenvalue weighted by Gasteiger charge is -2.30. The number of ether oxygens (including phenoxy) is 2. The summed E-state index contributed by atoms with van der Waals surface area (Å²) in [5, 5.41) is 9.19. The van der Waals surface area contributed by atoms with Crippen LogP contribution in [0.4, 0.5) is 13.2 Å². The molecule has 1 heterocycles. The van der Waals surface area contributed by atoms with Gasteiger partial charge in [0.25, 0.3) is 0 Å². The van der Waals surface area contributed by atoms with Gasteiger partial charge in [-0.3, -0.25) is 9.69 Å². The summed E-state index contributed by atoms with van der Waals surface area (Å²) in [6.07, 6.45) is -4.72. The van der Waals surface area contributed by atoms with Crippen LogP contribution in [0, 0.1) is 0 Å². The maximum Gasteiger partial charge on any atom is 0.404 e. The zero-order chi connectivity index (χ0) is 17.2. The van der Waals surface area contributed by atoms with Gasteiger partial charge in [0.2, 0.25) is 0 Å². The molecule has 5 nitrogen and oxygen atoms in total. The molecule has 2 atom stereocenters. The Balaban J connectivity index is 2.32. The van der Waals surface area contributed by atoms with Crippen LogP contribution in [0.2, 0.25) is 0 Å². The van der Waals surface area contributed by atoms with Crippen molar-refractivity contribution < 1.29 is 32.5 Å². The summed E-state index contributed by atoms with van der Waals surface area (Å²) in [5.41, 5.74) is 0.482. The third-order valence-corrected chi connectivity index (χ3v) is 4.02. The van der Waals surface area contributed by atoms with Gasteiger partial charge in [-0.05, 0) is 18.9 Å². The van der Waals surface area contributed by atoms with Crippen LogP contribution < -0.4 is 9.47 Å². The van der Waals surface area contributed by atoms with Crippen LogP contribution in [0.15, 0.2) is 18.2 Å². The molecule has 23 heavy (non-hydrogen) atoms. The number of rotatable bonds is 5. The molecule has 2 rings (SSSR count). The predicted molar refractivity (Wildman–Crippen MR) is 75.6 cm³/mol. The van der Waals surface area contributed by atoms with Gasteiger partial charge in [0.15, 0.2) is 0 Å². The monoisotopic (exact) mass is 333 g/mol. The van der Waals surface area contributed by atoms with Crippen LogP contribution in [0.1, 0.15) is 18.4 Å². The number of benzene rings is 1. The van der Waals surface area contributed by atoms with Crippen molar-refractivity contribution in [3.8, 4) is 11.5 Å². The Morgan fingerprint density at radius 2 is 2.00 bits per heavy atom. The topological polar surface area (TPSA) is 59.0 Å². The molecule has 0 spiro atoms. The van der Waals surface area contributed by atoms with E-state index in [0.717, 1.165) is 4.90 Å². The zero-order valence-corrected chi connectivity index (χ0v) is 12.8. The fourth-order valence-corrected chi connectivity index (χ4v) is 2.88. The van der Waals surface area contributed by atoms with Gasteiger partial charge >= 0.3 is 12.1 Å². The first kappa shape index (κ1) is 17.4. The summed E-state index contributed by atoms with van der Waals surface area (Å²) < 4.78 is 49.7. The molecule has 0 saturated carbocycles.